The number of aliphatic hydroxyl groups is 1. The summed E-state index contributed by atoms with van der Waals surface area (Å²) in [7, 11) is -3.46. The number of nitrogens with zero attached hydrogens (tertiary/aromatic N) is 1. The van der Waals surface area contributed by atoms with Crippen LogP contribution in [0.1, 0.15) is 25.5 Å². The molecule has 0 fully saturated rings. The van der Waals surface area contributed by atoms with Crippen LogP contribution in [0, 0.1) is 10.1 Å². The molecule has 0 radical (unpaired) electrons. The summed E-state index contributed by atoms with van der Waals surface area (Å²) in [5, 5.41) is 21.0. The molecule has 0 aliphatic carbocycles. The van der Waals surface area contributed by atoms with Crippen LogP contribution in [-0.2, 0) is 13.6 Å². The Hall–Kier alpha value is -1.27. The van der Waals surface area contributed by atoms with Crippen molar-refractivity contribution in [2.45, 2.75) is 20.0 Å². The molecule has 112 valence electrons. The lowest BCUT2D eigenvalue weighted by Gasteiger charge is -2.20. The van der Waals surface area contributed by atoms with E-state index < -0.39 is 18.6 Å². The summed E-state index contributed by atoms with van der Waals surface area (Å²) in [5.74, 6) is 0. The monoisotopic (exact) mass is 303 g/mol. The Kier molecular flexibility index (Phi) is 6.29. The first-order valence-corrected chi connectivity index (χ1v) is 7.95. The standard InChI is InChI=1S/C12H18NO6P/c1-3-18-20(17,19-4-2)9-12(14)10-7-5-6-8-11(10)13(15)16/h5-8,12,14H,3-4,9H2,1-2H3. The zero-order chi connectivity index (χ0) is 15.2. The number of nitro benzene ring substituents is 1. The first-order chi connectivity index (χ1) is 9.43. The van der Waals surface area contributed by atoms with E-state index in [1.165, 1.54) is 18.2 Å². The maximum atomic E-state index is 12.3. The molecule has 1 unspecified atom stereocenters. The third kappa shape index (κ3) is 4.38. The molecule has 1 rings (SSSR count). The normalized spacial score (nSPS) is 13.2. The Morgan fingerprint density at radius 2 is 1.85 bits per heavy atom. The van der Waals surface area contributed by atoms with Gasteiger partial charge in [-0.2, -0.15) is 0 Å². The Bertz CT molecular complexity index is 496. The van der Waals surface area contributed by atoms with Crippen molar-refractivity contribution in [3.8, 4) is 0 Å². The minimum absolute atomic E-state index is 0.0946. The van der Waals surface area contributed by atoms with Gasteiger partial charge in [-0.15, -0.1) is 0 Å². The van der Waals surface area contributed by atoms with Crippen molar-refractivity contribution in [1.29, 1.82) is 0 Å². The molecule has 1 aromatic carbocycles. The fraction of sp³-hybridized carbons (Fsp3) is 0.500. The highest BCUT2D eigenvalue weighted by molar-refractivity contribution is 7.53. The van der Waals surface area contributed by atoms with Crippen molar-refractivity contribution in [3.05, 3.63) is 39.9 Å². The summed E-state index contributed by atoms with van der Waals surface area (Å²) in [6.07, 6.45) is -1.61. The third-order valence-electron chi connectivity index (χ3n) is 2.54. The van der Waals surface area contributed by atoms with Crippen LogP contribution in [0.25, 0.3) is 0 Å². The molecular formula is C12H18NO6P. The van der Waals surface area contributed by atoms with Gasteiger partial charge in [-0.25, -0.2) is 0 Å². The van der Waals surface area contributed by atoms with Gasteiger partial charge >= 0.3 is 7.60 Å². The molecule has 7 nitrogen and oxygen atoms in total. The molecule has 20 heavy (non-hydrogen) atoms. The molecule has 0 saturated heterocycles. The van der Waals surface area contributed by atoms with Gasteiger partial charge in [0, 0.05) is 6.07 Å². The van der Waals surface area contributed by atoms with Gasteiger partial charge in [-0.3, -0.25) is 14.7 Å². The lowest BCUT2D eigenvalue weighted by molar-refractivity contribution is -0.386. The molecule has 0 amide bonds. The highest BCUT2D eigenvalue weighted by Crippen LogP contribution is 2.51. The van der Waals surface area contributed by atoms with Gasteiger partial charge in [0.2, 0.25) is 0 Å². The Morgan fingerprint density at radius 3 is 2.35 bits per heavy atom. The van der Waals surface area contributed by atoms with Crippen molar-refractivity contribution in [1.82, 2.24) is 0 Å². The van der Waals surface area contributed by atoms with E-state index in [9.17, 15) is 19.8 Å². The minimum Gasteiger partial charge on any atom is -0.387 e. The maximum Gasteiger partial charge on any atom is 0.333 e. The van der Waals surface area contributed by atoms with Crippen LogP contribution in [0.4, 0.5) is 5.69 Å². The fourth-order valence-electron chi connectivity index (χ4n) is 1.78. The Morgan fingerprint density at radius 1 is 1.30 bits per heavy atom. The fourth-order valence-corrected chi connectivity index (χ4v) is 3.47. The smallest absolute Gasteiger partial charge is 0.333 e. The van der Waals surface area contributed by atoms with Gasteiger partial charge in [0.25, 0.3) is 5.69 Å². The minimum atomic E-state index is -3.46. The van der Waals surface area contributed by atoms with Crippen LogP contribution < -0.4 is 0 Å². The molecule has 0 aliphatic rings. The van der Waals surface area contributed by atoms with Gasteiger partial charge in [0.1, 0.15) is 0 Å². The lowest BCUT2D eigenvalue weighted by atomic mass is 10.1. The van der Waals surface area contributed by atoms with Crippen molar-refractivity contribution >= 4 is 13.3 Å². The maximum absolute atomic E-state index is 12.3. The molecule has 1 atom stereocenters. The topological polar surface area (TPSA) is 98.9 Å². The second-order valence-corrected chi connectivity index (χ2v) is 6.06. The molecule has 8 heteroatoms. The van der Waals surface area contributed by atoms with Crippen molar-refractivity contribution in [2.24, 2.45) is 0 Å². The number of benzene rings is 1. The summed E-state index contributed by atoms with van der Waals surface area (Å²) in [6, 6.07) is 5.77. The van der Waals surface area contributed by atoms with Crippen LogP contribution in [0.2, 0.25) is 0 Å². The van der Waals surface area contributed by atoms with Crippen LogP contribution in [0.5, 0.6) is 0 Å². The number of aliphatic hydroxyl groups excluding tert-OH is 1. The first kappa shape index (κ1) is 16.8. The predicted octanol–water partition coefficient (Wildman–Crippen LogP) is 2.89. The average molecular weight is 303 g/mol. The van der Waals surface area contributed by atoms with Crippen molar-refractivity contribution in [2.75, 3.05) is 19.4 Å². The van der Waals surface area contributed by atoms with Crippen LogP contribution in [0.15, 0.2) is 24.3 Å². The number of nitro groups is 1. The van der Waals surface area contributed by atoms with Crippen LogP contribution >= 0.6 is 7.60 Å². The van der Waals surface area contributed by atoms with E-state index in [1.54, 1.807) is 19.9 Å². The number of para-hydroxylation sites is 1. The van der Waals surface area contributed by atoms with Gasteiger partial charge in [-0.1, -0.05) is 12.1 Å². The molecule has 0 aliphatic heterocycles. The molecule has 0 saturated carbocycles. The van der Waals surface area contributed by atoms with E-state index >= 15 is 0 Å². The Balaban J connectivity index is 2.97. The van der Waals surface area contributed by atoms with E-state index in [-0.39, 0.29) is 30.6 Å². The molecule has 0 aromatic heterocycles. The molecule has 0 heterocycles. The molecule has 0 bridgehead atoms. The van der Waals surface area contributed by atoms with E-state index in [4.69, 9.17) is 9.05 Å². The van der Waals surface area contributed by atoms with Gasteiger partial charge in [-0.05, 0) is 19.9 Å². The van der Waals surface area contributed by atoms with Crippen molar-refractivity contribution < 1.29 is 23.6 Å². The second-order valence-electron chi connectivity index (χ2n) is 3.96. The summed E-state index contributed by atoms with van der Waals surface area (Å²) < 4.78 is 22.4. The Labute approximate surface area is 117 Å². The van der Waals surface area contributed by atoms with Gasteiger partial charge < -0.3 is 14.2 Å². The molecular weight excluding hydrogens is 285 g/mol. The van der Waals surface area contributed by atoms with Gasteiger partial charge in [0.15, 0.2) is 0 Å². The second kappa shape index (κ2) is 7.50. The van der Waals surface area contributed by atoms with E-state index in [0.29, 0.717) is 0 Å². The predicted molar refractivity (Wildman–Crippen MR) is 73.8 cm³/mol. The zero-order valence-corrected chi connectivity index (χ0v) is 12.3. The summed E-state index contributed by atoms with van der Waals surface area (Å²) in [4.78, 5) is 10.3. The third-order valence-corrected chi connectivity index (χ3v) is 4.64. The van der Waals surface area contributed by atoms with E-state index in [2.05, 4.69) is 0 Å². The highest BCUT2D eigenvalue weighted by atomic mass is 31.2. The largest absolute Gasteiger partial charge is 0.387 e. The quantitative estimate of drug-likeness (QED) is 0.450. The lowest BCUT2D eigenvalue weighted by Crippen LogP contribution is -2.10. The summed E-state index contributed by atoms with van der Waals surface area (Å²) in [6.45, 7) is 3.65. The van der Waals surface area contributed by atoms with Crippen molar-refractivity contribution in [3.63, 3.8) is 0 Å². The van der Waals surface area contributed by atoms with Crippen LogP contribution in [0.3, 0.4) is 0 Å². The zero-order valence-electron chi connectivity index (χ0n) is 11.4. The summed E-state index contributed by atoms with van der Waals surface area (Å²) >= 11 is 0. The highest BCUT2D eigenvalue weighted by Gasteiger charge is 2.31. The number of hydrogen-bond acceptors (Lipinski definition) is 6. The number of hydrogen-bond donors (Lipinski definition) is 1. The molecule has 0 spiro atoms. The van der Waals surface area contributed by atoms with E-state index in [0.717, 1.165) is 0 Å². The first-order valence-electron chi connectivity index (χ1n) is 6.23. The van der Waals surface area contributed by atoms with E-state index in [1.807, 2.05) is 0 Å². The van der Waals surface area contributed by atoms with Gasteiger partial charge in [0.05, 0.1) is 36.0 Å². The number of rotatable bonds is 8. The average Bonchev–Trinajstić information content (AvgIpc) is 2.38. The molecule has 1 aromatic rings. The SMILES string of the molecule is CCOP(=O)(CC(O)c1ccccc1[N+](=O)[O-])OCC. The van der Waals surface area contributed by atoms with Crippen LogP contribution in [-0.4, -0.2) is 29.4 Å². The summed E-state index contributed by atoms with van der Waals surface area (Å²) in [5.41, 5.74) is -0.128. The molecule has 1 N–H and O–H groups in total.